The first kappa shape index (κ1) is 12.6. The molecule has 0 atom stereocenters. The average Bonchev–Trinajstić information content (AvgIpc) is 2.68. The van der Waals surface area contributed by atoms with Crippen LogP contribution in [-0.2, 0) is 6.42 Å². The summed E-state index contributed by atoms with van der Waals surface area (Å²) in [5.74, 6) is 0.0384. The van der Waals surface area contributed by atoms with Crippen LogP contribution >= 0.6 is 38.9 Å². The van der Waals surface area contributed by atoms with Crippen molar-refractivity contribution in [3.63, 3.8) is 0 Å². The third-order valence-corrected chi connectivity index (χ3v) is 4.60. The number of anilines is 1. The van der Waals surface area contributed by atoms with Crippen molar-refractivity contribution in [1.29, 1.82) is 0 Å². The van der Waals surface area contributed by atoms with Crippen LogP contribution in [-0.4, -0.2) is 5.78 Å². The molecule has 0 bridgehead atoms. The number of rotatable bonds is 3. The van der Waals surface area contributed by atoms with E-state index >= 15 is 0 Å². The lowest BCUT2D eigenvalue weighted by Crippen LogP contribution is -2.03. The molecule has 0 aliphatic heterocycles. The van der Waals surface area contributed by atoms with Crippen molar-refractivity contribution in [2.75, 3.05) is 5.73 Å². The van der Waals surface area contributed by atoms with Crippen molar-refractivity contribution in [1.82, 2.24) is 0 Å². The minimum atomic E-state index is 0.0384. The van der Waals surface area contributed by atoms with Gasteiger partial charge in [-0.25, -0.2) is 0 Å². The van der Waals surface area contributed by atoms with Crippen molar-refractivity contribution in [3.05, 3.63) is 49.6 Å². The molecular weight excluding hydrogens is 322 g/mol. The predicted molar refractivity (Wildman–Crippen MR) is 75.9 cm³/mol. The van der Waals surface area contributed by atoms with E-state index in [0.29, 0.717) is 22.7 Å². The molecule has 2 aromatic rings. The first-order chi connectivity index (χ1) is 8.08. The zero-order chi connectivity index (χ0) is 12.4. The molecule has 17 heavy (non-hydrogen) atoms. The number of ketones is 1. The highest BCUT2D eigenvalue weighted by Gasteiger charge is 2.11. The fourth-order valence-corrected chi connectivity index (χ4v) is 3.02. The lowest BCUT2D eigenvalue weighted by molar-refractivity contribution is 0.0993. The standard InChI is InChI=1S/C12H9BrClNOS/c13-8-3-4-17-12(8)6-11(16)7-1-2-9(14)10(15)5-7/h1-5H,6,15H2. The van der Waals surface area contributed by atoms with Gasteiger partial charge in [0.25, 0.3) is 0 Å². The second-order valence-electron chi connectivity index (χ2n) is 3.53. The van der Waals surface area contributed by atoms with Gasteiger partial charge in [0.15, 0.2) is 5.78 Å². The van der Waals surface area contributed by atoms with E-state index in [1.807, 2.05) is 11.4 Å². The number of carbonyl (C=O) groups excluding carboxylic acids is 1. The van der Waals surface area contributed by atoms with Gasteiger partial charge >= 0.3 is 0 Å². The van der Waals surface area contributed by atoms with Crippen LogP contribution in [0.5, 0.6) is 0 Å². The molecule has 5 heteroatoms. The largest absolute Gasteiger partial charge is 0.398 e. The molecule has 0 radical (unpaired) electrons. The van der Waals surface area contributed by atoms with Crippen LogP contribution in [0.4, 0.5) is 5.69 Å². The van der Waals surface area contributed by atoms with Gasteiger partial charge in [-0.15, -0.1) is 11.3 Å². The Morgan fingerprint density at radius 2 is 2.18 bits per heavy atom. The Morgan fingerprint density at radius 1 is 1.41 bits per heavy atom. The van der Waals surface area contributed by atoms with Gasteiger partial charge in [-0.2, -0.15) is 0 Å². The number of carbonyl (C=O) groups is 1. The summed E-state index contributed by atoms with van der Waals surface area (Å²) in [5, 5.41) is 2.42. The minimum absolute atomic E-state index is 0.0384. The summed E-state index contributed by atoms with van der Waals surface area (Å²) < 4.78 is 0.970. The van der Waals surface area contributed by atoms with E-state index < -0.39 is 0 Å². The number of hydrogen-bond acceptors (Lipinski definition) is 3. The molecule has 0 unspecified atom stereocenters. The Hall–Kier alpha value is -0.840. The second kappa shape index (κ2) is 5.21. The van der Waals surface area contributed by atoms with Crippen LogP contribution in [0.3, 0.4) is 0 Å². The Labute approximate surface area is 117 Å². The van der Waals surface area contributed by atoms with Gasteiger partial charge in [0.05, 0.1) is 10.7 Å². The van der Waals surface area contributed by atoms with Gasteiger partial charge in [-0.3, -0.25) is 4.79 Å². The summed E-state index contributed by atoms with van der Waals surface area (Å²) in [5.41, 5.74) is 6.69. The van der Waals surface area contributed by atoms with Crippen molar-refractivity contribution < 1.29 is 4.79 Å². The molecular formula is C12H9BrClNOS. The maximum Gasteiger partial charge on any atom is 0.168 e. The van der Waals surface area contributed by atoms with Gasteiger partial charge in [0.1, 0.15) is 0 Å². The van der Waals surface area contributed by atoms with E-state index in [0.717, 1.165) is 9.35 Å². The van der Waals surface area contributed by atoms with Crippen LogP contribution in [0.15, 0.2) is 34.1 Å². The molecule has 0 saturated heterocycles. The van der Waals surface area contributed by atoms with Crippen molar-refractivity contribution in [3.8, 4) is 0 Å². The zero-order valence-corrected chi connectivity index (χ0v) is 11.9. The highest BCUT2D eigenvalue weighted by Crippen LogP contribution is 2.25. The van der Waals surface area contributed by atoms with Crippen molar-refractivity contribution in [2.24, 2.45) is 0 Å². The quantitative estimate of drug-likeness (QED) is 0.678. The van der Waals surface area contributed by atoms with Crippen LogP contribution in [0, 0.1) is 0 Å². The summed E-state index contributed by atoms with van der Waals surface area (Å²) in [6.07, 6.45) is 0.374. The van der Waals surface area contributed by atoms with Crippen LogP contribution in [0.2, 0.25) is 5.02 Å². The smallest absolute Gasteiger partial charge is 0.168 e. The molecule has 1 aromatic heterocycles. The summed E-state index contributed by atoms with van der Waals surface area (Å²) >= 11 is 10.8. The van der Waals surface area contributed by atoms with E-state index in [9.17, 15) is 4.79 Å². The third kappa shape index (κ3) is 2.89. The number of Topliss-reactive ketones (excluding diaryl/α,β-unsaturated/α-hetero) is 1. The molecule has 1 aromatic carbocycles. The lowest BCUT2D eigenvalue weighted by atomic mass is 10.1. The fourth-order valence-electron chi connectivity index (χ4n) is 1.42. The summed E-state index contributed by atoms with van der Waals surface area (Å²) in [7, 11) is 0. The zero-order valence-electron chi connectivity index (χ0n) is 8.74. The maximum atomic E-state index is 12.0. The number of benzene rings is 1. The number of halogens is 2. The first-order valence-corrected chi connectivity index (χ1v) is 6.93. The van der Waals surface area contributed by atoms with Crippen LogP contribution < -0.4 is 5.73 Å². The van der Waals surface area contributed by atoms with E-state index in [1.54, 1.807) is 29.5 Å². The molecule has 0 aliphatic rings. The first-order valence-electron chi connectivity index (χ1n) is 4.88. The molecule has 2 nitrogen and oxygen atoms in total. The Bertz CT molecular complexity index is 567. The van der Waals surface area contributed by atoms with Crippen molar-refractivity contribution in [2.45, 2.75) is 6.42 Å². The highest BCUT2D eigenvalue weighted by molar-refractivity contribution is 9.10. The van der Waals surface area contributed by atoms with Gasteiger partial charge in [0.2, 0.25) is 0 Å². The number of nitrogen functional groups attached to an aromatic ring is 1. The van der Waals surface area contributed by atoms with Gasteiger partial charge in [0, 0.05) is 21.3 Å². The SMILES string of the molecule is Nc1cc(C(=O)Cc2sccc2Br)ccc1Cl. The third-order valence-electron chi connectivity index (χ3n) is 2.33. The number of hydrogen-bond donors (Lipinski definition) is 1. The molecule has 2 rings (SSSR count). The monoisotopic (exact) mass is 329 g/mol. The molecule has 1 heterocycles. The van der Waals surface area contributed by atoms with E-state index in [-0.39, 0.29) is 5.78 Å². The topological polar surface area (TPSA) is 43.1 Å². The van der Waals surface area contributed by atoms with Gasteiger partial charge in [-0.05, 0) is 45.6 Å². The second-order valence-corrected chi connectivity index (χ2v) is 5.79. The fraction of sp³-hybridized carbons (Fsp3) is 0.0833. The summed E-state index contributed by atoms with van der Waals surface area (Å²) in [4.78, 5) is 13.0. The maximum absolute atomic E-state index is 12.0. The van der Waals surface area contributed by atoms with E-state index in [1.165, 1.54) is 0 Å². The highest BCUT2D eigenvalue weighted by atomic mass is 79.9. The van der Waals surface area contributed by atoms with Gasteiger partial charge < -0.3 is 5.73 Å². The predicted octanol–water partition coefficient (Wildman–Crippen LogP) is 4.17. The lowest BCUT2D eigenvalue weighted by Gasteiger charge is -2.03. The summed E-state index contributed by atoms with van der Waals surface area (Å²) in [6.45, 7) is 0. The molecule has 88 valence electrons. The van der Waals surface area contributed by atoms with E-state index in [4.69, 9.17) is 17.3 Å². The van der Waals surface area contributed by atoms with Crippen LogP contribution in [0.25, 0.3) is 0 Å². The van der Waals surface area contributed by atoms with E-state index in [2.05, 4.69) is 15.9 Å². The molecule has 2 N–H and O–H groups in total. The summed E-state index contributed by atoms with van der Waals surface area (Å²) in [6, 6.07) is 6.89. The van der Waals surface area contributed by atoms with Crippen LogP contribution in [0.1, 0.15) is 15.2 Å². The average molecular weight is 331 g/mol. The molecule has 0 amide bonds. The molecule has 0 saturated carbocycles. The molecule has 0 aliphatic carbocycles. The Morgan fingerprint density at radius 3 is 2.76 bits per heavy atom. The normalized spacial score (nSPS) is 10.5. The minimum Gasteiger partial charge on any atom is -0.398 e. The van der Waals surface area contributed by atoms with Crippen molar-refractivity contribution >= 4 is 50.3 Å². The Kier molecular flexibility index (Phi) is 3.86. The van der Waals surface area contributed by atoms with Gasteiger partial charge in [-0.1, -0.05) is 11.6 Å². The number of nitrogens with two attached hydrogens (primary N) is 1. The Balaban J connectivity index is 2.20. The molecule has 0 fully saturated rings. The number of thiophene rings is 1. The molecule has 0 spiro atoms.